The fourth-order valence-electron chi connectivity index (χ4n) is 1.74. The van der Waals surface area contributed by atoms with Crippen molar-refractivity contribution in [2.45, 2.75) is 6.42 Å². The van der Waals surface area contributed by atoms with E-state index in [1.807, 2.05) is 19.2 Å². The van der Waals surface area contributed by atoms with Gasteiger partial charge in [-0.15, -0.1) is 0 Å². The first-order valence-electron chi connectivity index (χ1n) is 4.47. The van der Waals surface area contributed by atoms with Crippen molar-refractivity contribution >= 4 is 5.57 Å². The number of benzene rings is 1. The van der Waals surface area contributed by atoms with Gasteiger partial charge in [-0.25, -0.2) is 0 Å². The number of likely N-dealkylation sites (N-methyl/N-ethyl adjacent to an activating group) is 1. The summed E-state index contributed by atoms with van der Waals surface area (Å²) in [7, 11) is 1.93. The molecule has 1 aromatic carbocycles. The van der Waals surface area contributed by atoms with Gasteiger partial charge >= 0.3 is 0 Å². The second kappa shape index (κ2) is 3.23. The molecule has 0 bridgehead atoms. The number of phenolic OH excluding ortho intramolecular Hbond substituents is 1. The molecule has 0 saturated heterocycles. The largest absolute Gasteiger partial charge is 0.508 e. The van der Waals surface area contributed by atoms with Crippen LogP contribution in [0.3, 0.4) is 0 Å². The van der Waals surface area contributed by atoms with E-state index >= 15 is 0 Å². The number of hydrogen-bond donors (Lipinski definition) is 2. The summed E-state index contributed by atoms with van der Waals surface area (Å²) in [6, 6.07) is 5.57. The molecule has 0 radical (unpaired) electrons. The zero-order valence-electron chi connectivity index (χ0n) is 7.67. The van der Waals surface area contributed by atoms with Crippen LogP contribution in [-0.2, 0) is 6.42 Å². The maximum atomic E-state index is 9.33. The summed E-state index contributed by atoms with van der Waals surface area (Å²) in [6.07, 6.45) is 3.20. The van der Waals surface area contributed by atoms with Crippen molar-refractivity contribution in [2.24, 2.45) is 0 Å². The Balaban J connectivity index is 2.36. The van der Waals surface area contributed by atoms with Crippen LogP contribution in [0.15, 0.2) is 24.3 Å². The molecule has 2 heteroatoms. The summed E-state index contributed by atoms with van der Waals surface area (Å²) in [4.78, 5) is 0. The molecule has 1 aliphatic carbocycles. The Morgan fingerprint density at radius 2 is 2.31 bits per heavy atom. The first-order chi connectivity index (χ1) is 6.31. The molecule has 0 unspecified atom stereocenters. The molecule has 1 aromatic rings. The molecule has 0 amide bonds. The van der Waals surface area contributed by atoms with Crippen molar-refractivity contribution < 1.29 is 5.11 Å². The normalized spacial score (nSPS) is 14.1. The van der Waals surface area contributed by atoms with Gasteiger partial charge in [-0.3, -0.25) is 0 Å². The summed E-state index contributed by atoms with van der Waals surface area (Å²) in [6.45, 7) is 0.871. The van der Waals surface area contributed by atoms with Gasteiger partial charge in [0.05, 0.1) is 0 Å². The molecule has 0 aromatic heterocycles. The quantitative estimate of drug-likeness (QED) is 0.714. The van der Waals surface area contributed by atoms with Gasteiger partial charge in [-0.2, -0.15) is 0 Å². The first-order valence-corrected chi connectivity index (χ1v) is 4.47. The lowest BCUT2D eigenvalue weighted by Gasteiger charge is -2.05. The Labute approximate surface area is 77.9 Å². The number of rotatable bonds is 2. The molecule has 0 fully saturated rings. The van der Waals surface area contributed by atoms with Crippen molar-refractivity contribution in [3.63, 3.8) is 0 Å². The molecule has 0 spiro atoms. The van der Waals surface area contributed by atoms with E-state index in [0.29, 0.717) is 5.75 Å². The summed E-state index contributed by atoms with van der Waals surface area (Å²) in [5, 5.41) is 12.5. The second-order valence-corrected chi connectivity index (χ2v) is 3.31. The molecule has 2 rings (SSSR count). The molecular weight excluding hydrogens is 162 g/mol. The third-order valence-electron chi connectivity index (χ3n) is 2.38. The van der Waals surface area contributed by atoms with E-state index < -0.39 is 0 Å². The minimum absolute atomic E-state index is 0.350. The molecular formula is C11H13NO. The van der Waals surface area contributed by atoms with Gasteiger partial charge in [0.15, 0.2) is 0 Å². The van der Waals surface area contributed by atoms with Crippen molar-refractivity contribution in [1.29, 1.82) is 0 Å². The third kappa shape index (κ3) is 1.45. The van der Waals surface area contributed by atoms with Crippen LogP contribution in [-0.4, -0.2) is 18.7 Å². The Morgan fingerprint density at radius 1 is 1.46 bits per heavy atom. The van der Waals surface area contributed by atoms with E-state index in [1.165, 1.54) is 16.7 Å². The fourth-order valence-corrected chi connectivity index (χ4v) is 1.74. The minimum atomic E-state index is 0.350. The summed E-state index contributed by atoms with van der Waals surface area (Å²) >= 11 is 0. The van der Waals surface area contributed by atoms with E-state index in [-0.39, 0.29) is 0 Å². The number of fused-ring (bicyclic) bond motifs is 1. The number of phenols is 1. The van der Waals surface area contributed by atoms with Crippen molar-refractivity contribution in [3.8, 4) is 5.75 Å². The van der Waals surface area contributed by atoms with Gasteiger partial charge in [0.25, 0.3) is 0 Å². The van der Waals surface area contributed by atoms with Crippen LogP contribution in [0.5, 0.6) is 5.75 Å². The molecule has 2 N–H and O–H groups in total. The van der Waals surface area contributed by atoms with Crippen LogP contribution in [0.1, 0.15) is 11.1 Å². The molecule has 2 nitrogen and oxygen atoms in total. The van der Waals surface area contributed by atoms with Gasteiger partial charge < -0.3 is 10.4 Å². The fraction of sp³-hybridized carbons (Fsp3) is 0.273. The standard InChI is InChI=1S/C11H13NO/c1-12-7-9-3-2-8-4-5-10(13)6-11(8)9/h3-6,12-13H,2,7H2,1H3. The smallest absolute Gasteiger partial charge is 0.116 e. The van der Waals surface area contributed by atoms with E-state index in [2.05, 4.69) is 11.4 Å². The van der Waals surface area contributed by atoms with Crippen LogP contribution in [0, 0.1) is 0 Å². The highest BCUT2D eigenvalue weighted by Crippen LogP contribution is 2.29. The SMILES string of the molecule is CNCC1=CCc2ccc(O)cc21. The summed E-state index contributed by atoms with van der Waals surface area (Å²) < 4.78 is 0. The van der Waals surface area contributed by atoms with Crippen molar-refractivity contribution in [3.05, 3.63) is 35.4 Å². The lowest BCUT2D eigenvalue weighted by atomic mass is 10.1. The molecule has 0 saturated carbocycles. The average Bonchev–Trinajstić information content (AvgIpc) is 2.49. The van der Waals surface area contributed by atoms with Crippen LogP contribution in [0.25, 0.3) is 5.57 Å². The van der Waals surface area contributed by atoms with Crippen LogP contribution >= 0.6 is 0 Å². The Hall–Kier alpha value is -1.28. The van der Waals surface area contributed by atoms with Crippen LogP contribution in [0.4, 0.5) is 0 Å². The summed E-state index contributed by atoms with van der Waals surface area (Å²) in [5.41, 5.74) is 3.78. The monoisotopic (exact) mass is 175 g/mol. The average molecular weight is 175 g/mol. The van der Waals surface area contributed by atoms with Crippen LogP contribution < -0.4 is 5.32 Å². The van der Waals surface area contributed by atoms with E-state index in [9.17, 15) is 5.11 Å². The highest BCUT2D eigenvalue weighted by Gasteiger charge is 2.13. The number of hydrogen-bond acceptors (Lipinski definition) is 2. The molecule has 1 aliphatic rings. The van der Waals surface area contributed by atoms with Crippen LogP contribution in [0.2, 0.25) is 0 Å². The van der Waals surface area contributed by atoms with Gasteiger partial charge in [-0.05, 0) is 42.3 Å². The second-order valence-electron chi connectivity index (χ2n) is 3.31. The highest BCUT2D eigenvalue weighted by atomic mass is 16.3. The Morgan fingerprint density at radius 3 is 3.08 bits per heavy atom. The van der Waals surface area contributed by atoms with Gasteiger partial charge in [0.1, 0.15) is 5.75 Å². The van der Waals surface area contributed by atoms with Gasteiger partial charge in [0.2, 0.25) is 0 Å². The van der Waals surface area contributed by atoms with E-state index in [4.69, 9.17) is 0 Å². The molecule has 13 heavy (non-hydrogen) atoms. The lowest BCUT2D eigenvalue weighted by Crippen LogP contribution is -2.08. The Kier molecular flexibility index (Phi) is 2.07. The highest BCUT2D eigenvalue weighted by molar-refractivity contribution is 5.75. The topological polar surface area (TPSA) is 32.3 Å². The maximum absolute atomic E-state index is 9.33. The van der Waals surface area contributed by atoms with Crippen molar-refractivity contribution in [1.82, 2.24) is 5.32 Å². The predicted molar refractivity (Wildman–Crippen MR) is 53.7 cm³/mol. The minimum Gasteiger partial charge on any atom is -0.508 e. The predicted octanol–water partition coefficient (Wildman–Crippen LogP) is 1.55. The number of aromatic hydroxyl groups is 1. The molecule has 68 valence electrons. The zero-order chi connectivity index (χ0) is 9.26. The third-order valence-corrected chi connectivity index (χ3v) is 2.38. The number of allylic oxidation sites excluding steroid dienone is 1. The molecule has 0 aliphatic heterocycles. The number of nitrogens with one attached hydrogen (secondary N) is 1. The maximum Gasteiger partial charge on any atom is 0.116 e. The van der Waals surface area contributed by atoms with E-state index in [0.717, 1.165) is 13.0 Å². The molecule has 0 heterocycles. The zero-order valence-corrected chi connectivity index (χ0v) is 7.67. The van der Waals surface area contributed by atoms with Crippen molar-refractivity contribution in [2.75, 3.05) is 13.6 Å². The first kappa shape index (κ1) is 8.32. The molecule has 0 atom stereocenters. The lowest BCUT2D eigenvalue weighted by molar-refractivity contribution is 0.475. The van der Waals surface area contributed by atoms with E-state index in [1.54, 1.807) is 6.07 Å². The van der Waals surface area contributed by atoms with Gasteiger partial charge in [-0.1, -0.05) is 12.1 Å². The Bertz CT molecular complexity index is 355. The van der Waals surface area contributed by atoms with Gasteiger partial charge in [0, 0.05) is 6.54 Å². The summed E-state index contributed by atoms with van der Waals surface area (Å²) in [5.74, 6) is 0.350.